The number of hydrogen-bond acceptors (Lipinski definition) is 8. The molecule has 36 heavy (non-hydrogen) atoms. The van der Waals surface area contributed by atoms with Crippen molar-refractivity contribution in [2.45, 2.75) is 57.9 Å². The first kappa shape index (κ1) is 28.6. The van der Waals surface area contributed by atoms with E-state index >= 15 is 0 Å². The van der Waals surface area contributed by atoms with Crippen LogP contribution in [0.25, 0.3) is 0 Å². The van der Waals surface area contributed by atoms with Gasteiger partial charge in [0.05, 0.1) is 36.4 Å². The van der Waals surface area contributed by atoms with Gasteiger partial charge in [-0.15, -0.1) is 0 Å². The predicted octanol–water partition coefficient (Wildman–Crippen LogP) is 3.76. The van der Waals surface area contributed by atoms with Crippen LogP contribution in [0, 0.1) is 0 Å². The van der Waals surface area contributed by atoms with E-state index in [-0.39, 0.29) is 35.8 Å². The van der Waals surface area contributed by atoms with Gasteiger partial charge in [0.1, 0.15) is 5.60 Å². The average Bonchev–Trinajstić information content (AvgIpc) is 3.19. The lowest BCUT2D eigenvalue weighted by Gasteiger charge is -2.27. The number of amides is 2. The fourth-order valence-corrected chi connectivity index (χ4v) is 8.28. The minimum atomic E-state index is -3.22. The molecule has 200 valence electrons. The molecule has 2 saturated heterocycles. The summed E-state index contributed by atoms with van der Waals surface area (Å²) >= 11 is 4.85. The second-order valence-corrected chi connectivity index (χ2v) is 13.5. The molecule has 1 aromatic carbocycles. The fourth-order valence-electron chi connectivity index (χ4n) is 3.84. The van der Waals surface area contributed by atoms with E-state index in [4.69, 9.17) is 14.2 Å². The van der Waals surface area contributed by atoms with E-state index in [1.807, 2.05) is 13.8 Å². The number of halogens is 1. The number of carbonyl (C=O) groups is 2. The minimum absolute atomic E-state index is 0.0131. The van der Waals surface area contributed by atoms with Crippen molar-refractivity contribution in [3.05, 3.63) is 16.6 Å². The summed E-state index contributed by atoms with van der Waals surface area (Å²) in [6, 6.07) is 3.17. The van der Waals surface area contributed by atoms with Crippen molar-refractivity contribution < 1.29 is 32.2 Å². The zero-order chi connectivity index (χ0) is 26.7. The van der Waals surface area contributed by atoms with Gasteiger partial charge in [0.15, 0.2) is 26.5 Å². The average molecular weight is 607 g/mol. The summed E-state index contributed by atoms with van der Waals surface area (Å²) < 4.78 is 42.1. The Bertz CT molecular complexity index is 1140. The van der Waals surface area contributed by atoms with Crippen LogP contribution in [-0.2, 0) is 19.4 Å². The molecule has 1 N–H and O–H groups in total. The van der Waals surface area contributed by atoms with Crippen molar-refractivity contribution in [2.24, 2.45) is 4.99 Å². The van der Waals surface area contributed by atoms with Gasteiger partial charge in [-0.3, -0.25) is 4.79 Å². The van der Waals surface area contributed by atoms with Crippen molar-refractivity contribution in [2.75, 3.05) is 36.2 Å². The summed E-state index contributed by atoms with van der Waals surface area (Å²) in [7, 11) is -3.22. The Morgan fingerprint density at radius 2 is 1.81 bits per heavy atom. The van der Waals surface area contributed by atoms with Gasteiger partial charge in [-0.25, -0.2) is 13.2 Å². The first-order valence-electron chi connectivity index (χ1n) is 11.7. The van der Waals surface area contributed by atoms with Crippen molar-refractivity contribution in [3.8, 4) is 11.5 Å². The molecule has 2 aliphatic heterocycles. The summed E-state index contributed by atoms with van der Waals surface area (Å²) in [6.07, 6.45) is -0.638. The number of aliphatic imine (C=N–C) groups is 1. The Hall–Kier alpha value is -1.99. The third-order valence-electron chi connectivity index (χ3n) is 5.17. The van der Waals surface area contributed by atoms with E-state index in [9.17, 15) is 18.0 Å². The van der Waals surface area contributed by atoms with Gasteiger partial charge in [-0.1, -0.05) is 11.8 Å². The molecule has 2 atom stereocenters. The first-order valence-corrected chi connectivity index (χ1v) is 15.2. The molecule has 2 amide bonds. The summed E-state index contributed by atoms with van der Waals surface area (Å²) in [4.78, 5) is 30.6. The molecule has 2 heterocycles. The number of ether oxygens (including phenoxy) is 3. The summed E-state index contributed by atoms with van der Waals surface area (Å²) in [6.45, 7) is 9.93. The number of thioether (sulfide) groups is 1. The maximum Gasteiger partial charge on any atom is 0.407 e. The van der Waals surface area contributed by atoms with Gasteiger partial charge in [0, 0.05) is 34.8 Å². The molecule has 0 saturated carbocycles. The number of nitrogens with one attached hydrogen (secondary N) is 1. The lowest BCUT2D eigenvalue weighted by Crippen LogP contribution is -2.38. The van der Waals surface area contributed by atoms with Gasteiger partial charge in [0.25, 0.3) is 0 Å². The third-order valence-corrected chi connectivity index (χ3v) is 9.01. The lowest BCUT2D eigenvalue weighted by molar-refractivity contribution is -0.117. The molecular weight excluding hydrogens is 574 g/mol. The van der Waals surface area contributed by atoms with E-state index in [0.29, 0.717) is 40.0 Å². The molecule has 3 rings (SSSR count). The molecule has 1 aromatic rings. The molecule has 0 bridgehead atoms. The van der Waals surface area contributed by atoms with Crippen molar-refractivity contribution >= 4 is 60.4 Å². The van der Waals surface area contributed by atoms with Crippen LogP contribution in [0.15, 0.2) is 21.6 Å². The van der Waals surface area contributed by atoms with Gasteiger partial charge in [0.2, 0.25) is 5.91 Å². The Morgan fingerprint density at radius 1 is 1.17 bits per heavy atom. The van der Waals surface area contributed by atoms with E-state index in [1.54, 1.807) is 37.8 Å². The van der Waals surface area contributed by atoms with E-state index < -0.39 is 27.4 Å². The van der Waals surface area contributed by atoms with E-state index in [2.05, 4.69) is 26.2 Å². The number of rotatable bonds is 8. The zero-order valence-corrected chi connectivity index (χ0v) is 24.2. The molecule has 0 spiro atoms. The SMILES string of the molecule is CCOc1cc(Br)c(N2C(=NC(=O)CCNC(=O)OC(C)(C)C)S[C@@H]3CS(=O)(=O)C[C@@H]32)cc1OCC. The number of carbonyl (C=O) groups excluding carboxylic acids is 2. The van der Waals surface area contributed by atoms with Gasteiger partial charge < -0.3 is 24.4 Å². The van der Waals surface area contributed by atoms with Crippen LogP contribution in [-0.4, -0.2) is 73.7 Å². The largest absolute Gasteiger partial charge is 0.490 e. The third kappa shape index (κ3) is 7.28. The lowest BCUT2D eigenvalue weighted by atomic mass is 10.2. The van der Waals surface area contributed by atoms with E-state index in [1.165, 1.54) is 11.8 Å². The zero-order valence-electron chi connectivity index (χ0n) is 21.0. The number of anilines is 1. The molecule has 0 aromatic heterocycles. The Morgan fingerprint density at radius 3 is 2.42 bits per heavy atom. The highest BCUT2D eigenvalue weighted by Gasteiger charge is 2.50. The predicted molar refractivity (Wildman–Crippen MR) is 144 cm³/mol. The van der Waals surface area contributed by atoms with Crippen LogP contribution in [0.3, 0.4) is 0 Å². The molecule has 0 radical (unpaired) electrons. The summed E-state index contributed by atoms with van der Waals surface area (Å²) in [5.74, 6) is 0.605. The Labute approximate surface area is 224 Å². The molecular formula is C23H32BrN3O7S2. The van der Waals surface area contributed by atoms with Gasteiger partial charge in [-0.2, -0.15) is 4.99 Å². The maximum atomic E-state index is 12.7. The van der Waals surface area contributed by atoms with Crippen molar-refractivity contribution in [1.29, 1.82) is 0 Å². The van der Waals surface area contributed by atoms with Crippen LogP contribution >= 0.6 is 27.7 Å². The number of sulfone groups is 1. The van der Waals surface area contributed by atoms with Crippen LogP contribution in [0.1, 0.15) is 41.0 Å². The number of nitrogens with zero attached hydrogens (tertiary/aromatic N) is 2. The van der Waals surface area contributed by atoms with Crippen LogP contribution in [0.5, 0.6) is 11.5 Å². The minimum Gasteiger partial charge on any atom is -0.490 e. The molecule has 2 aliphatic rings. The highest BCUT2D eigenvalue weighted by molar-refractivity contribution is 9.10. The second-order valence-electron chi connectivity index (χ2n) is 9.25. The number of fused-ring (bicyclic) bond motifs is 1. The highest BCUT2D eigenvalue weighted by atomic mass is 79.9. The van der Waals surface area contributed by atoms with Gasteiger partial charge in [-0.05, 0) is 50.5 Å². The van der Waals surface area contributed by atoms with E-state index in [0.717, 1.165) is 0 Å². The first-order chi connectivity index (χ1) is 16.8. The molecule has 10 nitrogen and oxygen atoms in total. The molecule has 0 aliphatic carbocycles. The van der Waals surface area contributed by atoms with Crippen LogP contribution in [0.4, 0.5) is 10.5 Å². The topological polar surface area (TPSA) is 124 Å². The number of hydrogen-bond donors (Lipinski definition) is 1. The fraction of sp³-hybridized carbons (Fsp3) is 0.609. The molecule has 13 heteroatoms. The van der Waals surface area contributed by atoms with Crippen molar-refractivity contribution in [3.63, 3.8) is 0 Å². The number of alkyl carbamates (subject to hydrolysis) is 1. The smallest absolute Gasteiger partial charge is 0.407 e. The number of amidine groups is 1. The number of benzene rings is 1. The highest BCUT2D eigenvalue weighted by Crippen LogP contribution is 2.46. The summed E-state index contributed by atoms with van der Waals surface area (Å²) in [5.41, 5.74) is -0.00349. The standard InChI is InChI=1S/C23H32BrN3O7S2/c1-6-32-17-10-14(24)15(11-18(17)33-7-2)27-16-12-36(30,31)13-19(16)35-21(27)26-20(28)8-9-25-22(29)34-23(3,4)5/h10-11,16,19H,6-9,12-13H2,1-5H3,(H,25,29)/t16-,19+/m0/s1. The normalized spacial score (nSPS) is 21.8. The molecule has 0 unspecified atom stereocenters. The molecule has 2 fully saturated rings. The van der Waals surface area contributed by atoms with Crippen molar-refractivity contribution in [1.82, 2.24) is 5.32 Å². The second kappa shape index (κ2) is 11.6. The van der Waals surface area contributed by atoms with Crippen LogP contribution < -0.4 is 19.7 Å². The maximum absolute atomic E-state index is 12.7. The van der Waals surface area contributed by atoms with Gasteiger partial charge >= 0.3 is 6.09 Å². The quantitative estimate of drug-likeness (QED) is 0.471. The summed E-state index contributed by atoms with van der Waals surface area (Å²) in [5, 5.41) is 2.71. The van der Waals surface area contributed by atoms with Crippen LogP contribution in [0.2, 0.25) is 0 Å². The Kier molecular flexibility index (Phi) is 9.20. The monoisotopic (exact) mass is 605 g/mol. The Balaban J connectivity index is 1.86.